The first kappa shape index (κ1) is 20.0. The molecule has 0 bridgehead atoms. The van der Waals surface area contributed by atoms with Gasteiger partial charge in [0, 0.05) is 5.56 Å². The number of aromatic nitrogens is 4. The van der Waals surface area contributed by atoms with Crippen LogP contribution in [0.25, 0.3) is 5.69 Å². The van der Waals surface area contributed by atoms with Crippen molar-refractivity contribution in [2.24, 2.45) is 0 Å². The van der Waals surface area contributed by atoms with Crippen LogP contribution in [0.4, 0.5) is 4.39 Å². The predicted octanol–water partition coefficient (Wildman–Crippen LogP) is 5.13. The SMILES string of the molecule is Cc1ccc(C(=O)[C@@H](Sc2nnnn2-c2cccc(F)c2)c2ccc(C)cc2)cc1. The van der Waals surface area contributed by atoms with E-state index in [1.54, 1.807) is 12.1 Å². The van der Waals surface area contributed by atoms with Crippen LogP contribution in [0.3, 0.4) is 0 Å². The summed E-state index contributed by atoms with van der Waals surface area (Å²) in [6.45, 7) is 3.98. The molecule has 1 aromatic heterocycles. The fraction of sp³-hybridized carbons (Fsp3) is 0.130. The summed E-state index contributed by atoms with van der Waals surface area (Å²) in [5.74, 6) is -0.428. The van der Waals surface area contributed by atoms with Gasteiger partial charge in [0.15, 0.2) is 5.78 Å². The molecule has 1 heterocycles. The van der Waals surface area contributed by atoms with E-state index in [-0.39, 0.29) is 11.6 Å². The van der Waals surface area contributed by atoms with E-state index in [2.05, 4.69) is 15.5 Å². The quantitative estimate of drug-likeness (QED) is 0.321. The van der Waals surface area contributed by atoms with E-state index in [4.69, 9.17) is 0 Å². The van der Waals surface area contributed by atoms with Crippen LogP contribution in [0.15, 0.2) is 78.0 Å². The molecule has 3 aromatic carbocycles. The summed E-state index contributed by atoms with van der Waals surface area (Å²) in [4.78, 5) is 13.4. The van der Waals surface area contributed by atoms with E-state index in [9.17, 15) is 9.18 Å². The van der Waals surface area contributed by atoms with E-state index in [1.807, 2.05) is 62.4 Å². The molecule has 0 aliphatic heterocycles. The lowest BCUT2D eigenvalue weighted by atomic mass is 10.0. The zero-order valence-electron chi connectivity index (χ0n) is 16.5. The molecule has 1 atom stereocenters. The minimum atomic E-state index is -0.549. The maximum absolute atomic E-state index is 13.7. The standard InChI is InChI=1S/C23H19FN4OS/c1-15-6-10-17(11-7-15)21(29)22(18-12-8-16(2)9-13-18)30-23-25-26-27-28(23)20-5-3-4-19(24)14-20/h3-14,22H,1-2H3/t22-/m0/s1. The number of carbonyl (C=O) groups is 1. The van der Waals surface area contributed by atoms with Crippen LogP contribution in [0.2, 0.25) is 0 Å². The molecule has 4 aromatic rings. The Balaban J connectivity index is 1.72. The van der Waals surface area contributed by atoms with Gasteiger partial charge in [-0.2, -0.15) is 4.68 Å². The van der Waals surface area contributed by atoms with Crippen LogP contribution < -0.4 is 0 Å². The smallest absolute Gasteiger partial charge is 0.215 e. The van der Waals surface area contributed by atoms with Gasteiger partial charge in [-0.25, -0.2) is 4.39 Å². The molecular weight excluding hydrogens is 399 g/mol. The molecule has 0 aliphatic rings. The van der Waals surface area contributed by atoms with Crippen molar-refractivity contribution in [1.82, 2.24) is 20.2 Å². The first-order valence-corrected chi connectivity index (χ1v) is 10.3. The molecule has 0 aliphatic carbocycles. The van der Waals surface area contributed by atoms with E-state index in [1.165, 1.54) is 28.6 Å². The van der Waals surface area contributed by atoms with Crippen LogP contribution in [0.1, 0.15) is 32.3 Å². The number of rotatable bonds is 6. The van der Waals surface area contributed by atoms with Crippen LogP contribution in [-0.4, -0.2) is 26.0 Å². The second-order valence-corrected chi connectivity index (χ2v) is 8.06. The van der Waals surface area contributed by atoms with Crippen molar-refractivity contribution < 1.29 is 9.18 Å². The zero-order valence-corrected chi connectivity index (χ0v) is 17.3. The normalized spacial score (nSPS) is 12.0. The predicted molar refractivity (Wildman–Crippen MR) is 114 cm³/mol. The number of tetrazole rings is 1. The summed E-state index contributed by atoms with van der Waals surface area (Å²) in [5.41, 5.74) is 4.15. The molecule has 0 spiro atoms. The number of hydrogen-bond donors (Lipinski definition) is 0. The van der Waals surface area contributed by atoms with Gasteiger partial charge in [0.25, 0.3) is 0 Å². The lowest BCUT2D eigenvalue weighted by Gasteiger charge is -2.16. The monoisotopic (exact) mass is 418 g/mol. The molecule has 4 rings (SSSR count). The largest absolute Gasteiger partial charge is 0.293 e. The molecule has 5 nitrogen and oxygen atoms in total. The second kappa shape index (κ2) is 8.59. The van der Waals surface area contributed by atoms with Gasteiger partial charge in [-0.1, -0.05) is 77.5 Å². The van der Waals surface area contributed by atoms with E-state index >= 15 is 0 Å². The van der Waals surface area contributed by atoms with Crippen LogP contribution in [-0.2, 0) is 0 Å². The first-order valence-electron chi connectivity index (χ1n) is 9.40. The Morgan fingerprint density at radius 2 is 1.63 bits per heavy atom. The van der Waals surface area contributed by atoms with Gasteiger partial charge >= 0.3 is 0 Å². The highest BCUT2D eigenvalue weighted by atomic mass is 32.2. The number of ketones is 1. The zero-order chi connectivity index (χ0) is 21.1. The van der Waals surface area contributed by atoms with Crippen molar-refractivity contribution in [3.63, 3.8) is 0 Å². The van der Waals surface area contributed by atoms with Crippen molar-refractivity contribution in [3.8, 4) is 5.69 Å². The number of hydrogen-bond acceptors (Lipinski definition) is 5. The van der Waals surface area contributed by atoms with Gasteiger partial charge in [0.05, 0.1) is 5.69 Å². The number of halogens is 1. The summed E-state index contributed by atoms with van der Waals surface area (Å²) >= 11 is 1.24. The van der Waals surface area contributed by atoms with Crippen molar-refractivity contribution in [3.05, 3.63) is 101 Å². The molecule has 0 unspecified atom stereocenters. The maximum atomic E-state index is 13.7. The highest BCUT2D eigenvalue weighted by molar-refractivity contribution is 8.00. The summed E-state index contributed by atoms with van der Waals surface area (Å²) in [5, 5.41) is 11.7. The number of benzene rings is 3. The topological polar surface area (TPSA) is 60.7 Å². The molecule has 0 saturated heterocycles. The average Bonchev–Trinajstić information content (AvgIpc) is 3.21. The van der Waals surface area contributed by atoms with Crippen LogP contribution in [0.5, 0.6) is 0 Å². The van der Waals surface area contributed by atoms with Crippen molar-refractivity contribution >= 4 is 17.5 Å². The third-order valence-electron chi connectivity index (χ3n) is 4.67. The number of carbonyl (C=O) groups excluding carboxylic acids is 1. The Morgan fingerprint density at radius 3 is 2.30 bits per heavy atom. The van der Waals surface area contributed by atoms with E-state index in [0.29, 0.717) is 16.4 Å². The fourth-order valence-electron chi connectivity index (χ4n) is 3.01. The van der Waals surface area contributed by atoms with E-state index in [0.717, 1.165) is 16.7 Å². The second-order valence-electron chi connectivity index (χ2n) is 6.99. The minimum Gasteiger partial charge on any atom is -0.293 e. The average molecular weight is 418 g/mol. The molecule has 0 amide bonds. The molecule has 30 heavy (non-hydrogen) atoms. The number of aryl methyl sites for hydroxylation is 2. The van der Waals surface area contributed by atoms with Crippen LogP contribution >= 0.6 is 11.8 Å². The molecule has 150 valence electrons. The summed E-state index contributed by atoms with van der Waals surface area (Å²) < 4.78 is 15.1. The van der Waals surface area contributed by atoms with Crippen molar-refractivity contribution in [2.45, 2.75) is 24.3 Å². The third-order valence-corrected chi connectivity index (χ3v) is 5.86. The number of Topliss-reactive ketones (excluding diaryl/α,β-unsaturated/α-hetero) is 1. The Bertz CT molecular complexity index is 1170. The molecule has 0 fully saturated rings. The van der Waals surface area contributed by atoms with Gasteiger partial charge < -0.3 is 0 Å². The van der Waals surface area contributed by atoms with Gasteiger partial charge in [0.2, 0.25) is 5.16 Å². The van der Waals surface area contributed by atoms with Gasteiger partial charge in [-0.3, -0.25) is 4.79 Å². The highest BCUT2D eigenvalue weighted by Gasteiger charge is 2.26. The molecule has 0 N–H and O–H groups in total. The van der Waals surface area contributed by atoms with E-state index < -0.39 is 5.25 Å². The van der Waals surface area contributed by atoms with Crippen molar-refractivity contribution in [1.29, 1.82) is 0 Å². The number of thioether (sulfide) groups is 1. The molecule has 0 radical (unpaired) electrons. The number of nitrogens with zero attached hydrogens (tertiary/aromatic N) is 4. The minimum absolute atomic E-state index is 0.0438. The Morgan fingerprint density at radius 1 is 0.967 bits per heavy atom. The Labute approximate surface area is 177 Å². The third kappa shape index (κ3) is 4.31. The van der Waals surface area contributed by atoms with Gasteiger partial charge in [0.1, 0.15) is 11.1 Å². The van der Waals surface area contributed by atoms with Gasteiger partial charge in [-0.05, 0) is 48.0 Å². The first-order chi connectivity index (χ1) is 14.5. The molecule has 0 saturated carbocycles. The van der Waals surface area contributed by atoms with Crippen molar-refractivity contribution in [2.75, 3.05) is 0 Å². The van der Waals surface area contributed by atoms with Gasteiger partial charge in [-0.15, -0.1) is 5.10 Å². The Kier molecular flexibility index (Phi) is 5.72. The summed E-state index contributed by atoms with van der Waals surface area (Å²) in [6, 6.07) is 21.3. The Hall–Kier alpha value is -3.32. The molecular formula is C23H19FN4OS. The molecule has 7 heteroatoms. The highest BCUT2D eigenvalue weighted by Crippen LogP contribution is 2.37. The lowest BCUT2D eigenvalue weighted by Crippen LogP contribution is -2.11. The lowest BCUT2D eigenvalue weighted by molar-refractivity contribution is 0.0989. The maximum Gasteiger partial charge on any atom is 0.215 e. The fourth-order valence-corrected chi connectivity index (χ4v) is 4.08. The summed E-state index contributed by atoms with van der Waals surface area (Å²) in [7, 11) is 0. The summed E-state index contributed by atoms with van der Waals surface area (Å²) in [6.07, 6.45) is 0. The van der Waals surface area contributed by atoms with Crippen LogP contribution in [0, 0.1) is 19.7 Å².